The first-order valence-corrected chi connectivity index (χ1v) is 7.52. The van der Waals surface area contributed by atoms with E-state index in [4.69, 9.17) is 16.3 Å². The van der Waals surface area contributed by atoms with Gasteiger partial charge in [-0.1, -0.05) is 47.4 Å². The minimum Gasteiger partial charge on any atom is -0.455 e. The predicted octanol–water partition coefficient (Wildman–Crippen LogP) is 4.79. The lowest BCUT2D eigenvalue weighted by Crippen LogP contribution is -2.22. The van der Waals surface area contributed by atoms with Crippen molar-refractivity contribution < 1.29 is 4.74 Å². The molecule has 2 rings (SSSR count). The monoisotopic (exact) mass is 354 g/mol. The number of aromatic nitrogens is 1. The number of halogens is 2. The maximum absolute atomic E-state index is 5.92. The molecule has 0 spiro atoms. The molecule has 0 unspecified atom stereocenters. The first-order chi connectivity index (χ1) is 9.54. The molecule has 0 radical (unpaired) electrons. The molecule has 1 aromatic heterocycles. The van der Waals surface area contributed by atoms with Gasteiger partial charge in [-0.05, 0) is 12.1 Å². The van der Waals surface area contributed by atoms with Crippen LogP contribution in [0.25, 0.3) is 0 Å². The van der Waals surface area contributed by atoms with E-state index in [1.165, 1.54) is 0 Å². The molecule has 0 saturated heterocycles. The van der Waals surface area contributed by atoms with Gasteiger partial charge >= 0.3 is 0 Å². The fraction of sp³-hybridized carbons (Fsp3) is 0.267. The van der Waals surface area contributed by atoms with Crippen LogP contribution in [-0.2, 0) is 6.54 Å². The van der Waals surface area contributed by atoms with Crippen molar-refractivity contribution in [1.82, 2.24) is 10.3 Å². The van der Waals surface area contributed by atoms with E-state index in [1.54, 1.807) is 18.5 Å². The molecule has 0 saturated carbocycles. The van der Waals surface area contributed by atoms with Crippen LogP contribution in [0.5, 0.6) is 11.5 Å². The normalized spacial score (nSPS) is 10.8. The van der Waals surface area contributed by atoms with E-state index in [0.717, 1.165) is 22.3 Å². The van der Waals surface area contributed by atoms with Crippen LogP contribution in [0.4, 0.5) is 0 Å². The minimum atomic E-state index is 0.416. The summed E-state index contributed by atoms with van der Waals surface area (Å²) in [6.45, 7) is 4.97. The predicted molar refractivity (Wildman–Crippen MR) is 85.4 cm³/mol. The van der Waals surface area contributed by atoms with Gasteiger partial charge in [0.1, 0.15) is 11.5 Å². The van der Waals surface area contributed by atoms with Crippen molar-refractivity contribution in [2.75, 3.05) is 0 Å². The second kappa shape index (κ2) is 7.07. The molecule has 2 aromatic rings. The van der Waals surface area contributed by atoms with Crippen LogP contribution in [0.2, 0.25) is 5.02 Å². The Balaban J connectivity index is 2.22. The van der Waals surface area contributed by atoms with Crippen LogP contribution in [0.1, 0.15) is 19.4 Å². The largest absolute Gasteiger partial charge is 0.455 e. The summed E-state index contributed by atoms with van der Waals surface area (Å²) < 4.78 is 6.85. The fourth-order valence-corrected chi connectivity index (χ4v) is 2.16. The Hall–Kier alpha value is -1.10. The first kappa shape index (κ1) is 15.3. The third kappa shape index (κ3) is 4.47. The molecule has 0 amide bonds. The van der Waals surface area contributed by atoms with E-state index in [2.05, 4.69) is 40.1 Å². The zero-order valence-corrected chi connectivity index (χ0v) is 13.7. The van der Waals surface area contributed by atoms with E-state index >= 15 is 0 Å². The molecule has 0 fully saturated rings. The smallest absolute Gasteiger partial charge is 0.147 e. The Morgan fingerprint density at radius 3 is 2.80 bits per heavy atom. The quantitative estimate of drug-likeness (QED) is 0.837. The summed E-state index contributed by atoms with van der Waals surface area (Å²) in [6, 6.07) is 8.14. The highest BCUT2D eigenvalue weighted by Crippen LogP contribution is 2.29. The SMILES string of the molecule is CC(C)NCc1ccc(Br)cc1Oc1cncc(Cl)c1. The van der Waals surface area contributed by atoms with E-state index in [9.17, 15) is 0 Å². The first-order valence-electron chi connectivity index (χ1n) is 6.35. The zero-order chi connectivity index (χ0) is 14.5. The Morgan fingerprint density at radius 1 is 1.30 bits per heavy atom. The van der Waals surface area contributed by atoms with Gasteiger partial charge in [-0.3, -0.25) is 4.98 Å². The summed E-state index contributed by atoms with van der Waals surface area (Å²) in [5, 5.41) is 3.94. The molecule has 106 valence electrons. The van der Waals surface area contributed by atoms with Gasteiger partial charge in [0.25, 0.3) is 0 Å². The lowest BCUT2D eigenvalue weighted by Gasteiger charge is -2.14. The Labute approximate surface area is 132 Å². The number of benzene rings is 1. The molecule has 0 atom stereocenters. The number of hydrogen-bond acceptors (Lipinski definition) is 3. The second-order valence-electron chi connectivity index (χ2n) is 4.73. The van der Waals surface area contributed by atoms with E-state index in [0.29, 0.717) is 16.8 Å². The highest BCUT2D eigenvalue weighted by molar-refractivity contribution is 9.10. The molecule has 0 aliphatic heterocycles. The average Bonchev–Trinajstić information content (AvgIpc) is 2.37. The summed E-state index contributed by atoms with van der Waals surface area (Å²) >= 11 is 9.38. The summed E-state index contributed by atoms with van der Waals surface area (Å²) in [7, 11) is 0. The van der Waals surface area contributed by atoms with Gasteiger partial charge in [0.2, 0.25) is 0 Å². The van der Waals surface area contributed by atoms with Crippen LogP contribution >= 0.6 is 27.5 Å². The lowest BCUT2D eigenvalue weighted by atomic mass is 10.2. The molecule has 1 N–H and O–H groups in total. The van der Waals surface area contributed by atoms with Gasteiger partial charge in [0, 0.05) is 34.9 Å². The summed E-state index contributed by atoms with van der Waals surface area (Å²) in [5.41, 5.74) is 1.09. The van der Waals surface area contributed by atoms with E-state index in [-0.39, 0.29) is 0 Å². The van der Waals surface area contributed by atoms with Crippen molar-refractivity contribution in [3.8, 4) is 11.5 Å². The molecular weight excluding hydrogens is 340 g/mol. The van der Waals surface area contributed by atoms with Crippen molar-refractivity contribution in [3.63, 3.8) is 0 Å². The number of rotatable bonds is 5. The maximum Gasteiger partial charge on any atom is 0.147 e. The van der Waals surface area contributed by atoms with Gasteiger partial charge in [0.05, 0.1) is 11.2 Å². The highest BCUT2D eigenvalue weighted by Gasteiger charge is 2.07. The molecule has 3 nitrogen and oxygen atoms in total. The van der Waals surface area contributed by atoms with Crippen LogP contribution in [-0.4, -0.2) is 11.0 Å². The van der Waals surface area contributed by atoms with Gasteiger partial charge in [0.15, 0.2) is 0 Å². The number of pyridine rings is 1. The third-order valence-corrected chi connectivity index (χ3v) is 3.34. The number of hydrogen-bond donors (Lipinski definition) is 1. The summed E-state index contributed by atoms with van der Waals surface area (Å²) in [5.74, 6) is 1.41. The Bertz CT molecular complexity index is 590. The minimum absolute atomic E-state index is 0.416. The molecule has 0 bridgehead atoms. The molecule has 0 aliphatic carbocycles. The van der Waals surface area contributed by atoms with Crippen molar-refractivity contribution in [2.45, 2.75) is 26.4 Å². The number of nitrogens with one attached hydrogen (secondary N) is 1. The molecule has 1 heterocycles. The standard InChI is InChI=1S/C15H16BrClN2O/c1-10(2)19-7-11-3-4-12(16)5-15(11)20-14-6-13(17)8-18-9-14/h3-6,8-10,19H,7H2,1-2H3. The molecule has 0 aliphatic rings. The van der Waals surface area contributed by atoms with E-state index in [1.807, 2.05) is 18.2 Å². The van der Waals surface area contributed by atoms with Crippen LogP contribution < -0.4 is 10.1 Å². The molecular formula is C15H16BrClN2O. The summed E-state index contributed by atoms with van der Waals surface area (Å²) in [6.07, 6.45) is 3.23. The zero-order valence-electron chi connectivity index (χ0n) is 11.4. The molecule has 5 heteroatoms. The van der Waals surface area contributed by atoms with Crippen LogP contribution in [0, 0.1) is 0 Å². The Morgan fingerprint density at radius 2 is 2.10 bits per heavy atom. The average molecular weight is 356 g/mol. The summed E-state index contributed by atoms with van der Waals surface area (Å²) in [4.78, 5) is 4.02. The fourth-order valence-electron chi connectivity index (χ4n) is 1.66. The molecule has 1 aromatic carbocycles. The van der Waals surface area contributed by atoms with Gasteiger partial charge < -0.3 is 10.1 Å². The van der Waals surface area contributed by atoms with Crippen LogP contribution in [0.15, 0.2) is 41.1 Å². The van der Waals surface area contributed by atoms with E-state index < -0.39 is 0 Å². The van der Waals surface area contributed by atoms with Gasteiger partial charge in [-0.15, -0.1) is 0 Å². The van der Waals surface area contributed by atoms with Crippen molar-refractivity contribution in [1.29, 1.82) is 0 Å². The second-order valence-corrected chi connectivity index (χ2v) is 6.08. The topological polar surface area (TPSA) is 34.1 Å². The van der Waals surface area contributed by atoms with Gasteiger partial charge in [-0.2, -0.15) is 0 Å². The van der Waals surface area contributed by atoms with Crippen LogP contribution in [0.3, 0.4) is 0 Å². The Kier molecular flexibility index (Phi) is 5.40. The lowest BCUT2D eigenvalue weighted by molar-refractivity contribution is 0.467. The van der Waals surface area contributed by atoms with Crippen molar-refractivity contribution in [3.05, 3.63) is 51.7 Å². The maximum atomic E-state index is 5.92. The number of nitrogens with zero attached hydrogens (tertiary/aromatic N) is 1. The van der Waals surface area contributed by atoms with Crippen molar-refractivity contribution >= 4 is 27.5 Å². The third-order valence-electron chi connectivity index (χ3n) is 2.64. The highest BCUT2D eigenvalue weighted by atomic mass is 79.9. The number of ether oxygens (including phenoxy) is 1. The molecule has 20 heavy (non-hydrogen) atoms. The van der Waals surface area contributed by atoms with Gasteiger partial charge in [-0.25, -0.2) is 0 Å². The van der Waals surface area contributed by atoms with Crippen molar-refractivity contribution in [2.24, 2.45) is 0 Å².